The first-order valence-electron chi connectivity index (χ1n) is 4.73. The lowest BCUT2D eigenvalue weighted by molar-refractivity contribution is -0.138. The van der Waals surface area contributed by atoms with Crippen molar-refractivity contribution in [1.29, 1.82) is 0 Å². The number of carbonyl (C=O) groups is 1. The Hall–Kier alpha value is -0.270. The summed E-state index contributed by atoms with van der Waals surface area (Å²) in [4.78, 5) is 10.2. The second kappa shape index (κ2) is 3.36. The van der Waals surface area contributed by atoms with E-state index in [1.807, 2.05) is 0 Å². The number of thioether (sulfide) groups is 1. The summed E-state index contributed by atoms with van der Waals surface area (Å²) in [7, 11) is -3.04. The van der Waals surface area contributed by atoms with E-state index in [0.29, 0.717) is 12.2 Å². The third kappa shape index (κ3) is 1.66. The molecule has 5 nitrogen and oxygen atoms in total. The van der Waals surface area contributed by atoms with Crippen LogP contribution in [0.5, 0.6) is 0 Å². The van der Waals surface area contributed by atoms with Gasteiger partial charge in [-0.05, 0) is 13.3 Å². The molecule has 3 unspecified atom stereocenters. The fourth-order valence-electron chi connectivity index (χ4n) is 2.09. The number of aliphatic carboxylic acids is 1. The highest BCUT2D eigenvalue weighted by molar-refractivity contribution is 8.03. The van der Waals surface area contributed by atoms with Gasteiger partial charge in [-0.3, -0.25) is 10.1 Å². The van der Waals surface area contributed by atoms with Crippen LogP contribution in [0.15, 0.2) is 0 Å². The van der Waals surface area contributed by atoms with Crippen molar-refractivity contribution in [3.05, 3.63) is 0 Å². The number of rotatable bonds is 1. The maximum absolute atomic E-state index is 11.6. The Kier molecular flexibility index (Phi) is 2.51. The normalized spacial score (nSPS) is 43.5. The van der Waals surface area contributed by atoms with Crippen LogP contribution in [0, 0.1) is 0 Å². The monoisotopic (exact) mass is 251 g/mol. The van der Waals surface area contributed by atoms with Crippen molar-refractivity contribution >= 4 is 27.6 Å². The van der Waals surface area contributed by atoms with Crippen LogP contribution in [0.4, 0.5) is 0 Å². The number of carboxylic acids is 1. The molecule has 0 aromatic carbocycles. The van der Waals surface area contributed by atoms with E-state index < -0.39 is 32.0 Å². The predicted molar refractivity (Wildman–Crippen MR) is 57.6 cm³/mol. The van der Waals surface area contributed by atoms with Crippen molar-refractivity contribution in [3.63, 3.8) is 0 Å². The second-order valence-corrected chi connectivity index (χ2v) is 7.79. The third-order valence-electron chi connectivity index (χ3n) is 3.18. The Morgan fingerprint density at radius 3 is 2.67 bits per heavy atom. The van der Waals surface area contributed by atoms with E-state index in [1.165, 1.54) is 11.8 Å². The van der Waals surface area contributed by atoms with Crippen molar-refractivity contribution in [2.45, 2.75) is 29.5 Å². The Labute approximate surface area is 92.5 Å². The first-order valence-corrected chi connectivity index (χ1v) is 7.43. The molecule has 0 bridgehead atoms. The van der Waals surface area contributed by atoms with Gasteiger partial charge in [0.25, 0.3) is 0 Å². The highest BCUT2D eigenvalue weighted by atomic mass is 32.2. The standard InChI is InChI=1S/C8H13NO4S2/c1-5-8(2-3-15(5,12)13)9-6(4-14-8)7(10)11/h5-6,9H,2-4H2,1H3,(H,10,11). The van der Waals surface area contributed by atoms with Gasteiger partial charge in [0.2, 0.25) is 0 Å². The summed E-state index contributed by atoms with van der Waals surface area (Å²) in [5.74, 6) is -0.314. The Balaban J connectivity index is 2.22. The summed E-state index contributed by atoms with van der Waals surface area (Å²) in [6.45, 7) is 1.66. The molecule has 15 heavy (non-hydrogen) atoms. The minimum Gasteiger partial charge on any atom is -0.480 e. The lowest BCUT2D eigenvalue weighted by atomic mass is 10.1. The Bertz CT molecular complexity index is 393. The number of hydrogen-bond donors (Lipinski definition) is 2. The second-order valence-electron chi connectivity index (χ2n) is 3.99. The quantitative estimate of drug-likeness (QED) is 0.664. The van der Waals surface area contributed by atoms with Gasteiger partial charge in [0.05, 0.1) is 15.9 Å². The average molecular weight is 251 g/mol. The fourth-order valence-corrected chi connectivity index (χ4v) is 5.98. The van der Waals surface area contributed by atoms with Crippen LogP contribution in [0.3, 0.4) is 0 Å². The summed E-state index contributed by atoms with van der Waals surface area (Å²) in [5.41, 5.74) is 0. The molecule has 2 fully saturated rings. The van der Waals surface area contributed by atoms with Crippen LogP contribution in [0.25, 0.3) is 0 Å². The Morgan fingerprint density at radius 2 is 2.27 bits per heavy atom. The van der Waals surface area contributed by atoms with E-state index in [4.69, 9.17) is 5.11 Å². The molecule has 2 rings (SSSR count). The zero-order valence-electron chi connectivity index (χ0n) is 8.26. The molecular formula is C8H13NO4S2. The number of carboxylic acid groups (broad SMARTS) is 1. The van der Waals surface area contributed by atoms with Gasteiger partial charge in [0.15, 0.2) is 9.84 Å². The van der Waals surface area contributed by atoms with Gasteiger partial charge in [-0.25, -0.2) is 8.42 Å². The summed E-state index contributed by atoms with van der Waals surface area (Å²) >= 11 is 1.43. The Morgan fingerprint density at radius 1 is 1.60 bits per heavy atom. The molecule has 86 valence electrons. The van der Waals surface area contributed by atoms with Crippen molar-refractivity contribution < 1.29 is 18.3 Å². The van der Waals surface area contributed by atoms with E-state index in [-0.39, 0.29) is 5.75 Å². The van der Waals surface area contributed by atoms with Crippen molar-refractivity contribution in [2.75, 3.05) is 11.5 Å². The molecule has 3 atom stereocenters. The summed E-state index contributed by atoms with van der Waals surface area (Å²) in [6.07, 6.45) is 0.505. The van der Waals surface area contributed by atoms with Crippen molar-refractivity contribution in [2.24, 2.45) is 0 Å². The maximum Gasteiger partial charge on any atom is 0.321 e. The first kappa shape index (κ1) is 11.2. The lowest BCUT2D eigenvalue weighted by Gasteiger charge is -2.26. The molecule has 0 radical (unpaired) electrons. The molecule has 0 aromatic heterocycles. The minimum absolute atomic E-state index is 0.153. The molecule has 7 heteroatoms. The highest BCUT2D eigenvalue weighted by Crippen LogP contribution is 2.44. The molecule has 2 heterocycles. The largest absolute Gasteiger partial charge is 0.480 e. The van der Waals surface area contributed by atoms with E-state index in [9.17, 15) is 13.2 Å². The van der Waals surface area contributed by atoms with Gasteiger partial charge in [-0.15, -0.1) is 11.8 Å². The summed E-state index contributed by atoms with van der Waals surface area (Å²) in [6, 6.07) is -0.620. The van der Waals surface area contributed by atoms with Crippen LogP contribution >= 0.6 is 11.8 Å². The van der Waals surface area contributed by atoms with Crippen molar-refractivity contribution in [3.8, 4) is 0 Å². The SMILES string of the molecule is CC1C2(CCS1(=O)=O)NC(C(=O)O)CS2. The van der Waals surface area contributed by atoms with Crippen LogP contribution in [-0.2, 0) is 14.6 Å². The van der Waals surface area contributed by atoms with Gasteiger partial charge in [0, 0.05) is 5.75 Å². The topological polar surface area (TPSA) is 83.5 Å². The van der Waals surface area contributed by atoms with E-state index in [0.717, 1.165) is 0 Å². The number of sulfone groups is 1. The highest BCUT2D eigenvalue weighted by Gasteiger charge is 2.54. The van der Waals surface area contributed by atoms with Gasteiger partial charge in [-0.2, -0.15) is 0 Å². The smallest absolute Gasteiger partial charge is 0.321 e. The molecule has 0 aromatic rings. The number of hydrogen-bond acceptors (Lipinski definition) is 5. The van der Waals surface area contributed by atoms with E-state index in [1.54, 1.807) is 6.92 Å². The number of nitrogens with one attached hydrogen (secondary N) is 1. The molecule has 1 spiro atoms. The van der Waals surface area contributed by atoms with Crippen molar-refractivity contribution in [1.82, 2.24) is 5.32 Å². The molecule has 2 aliphatic heterocycles. The zero-order valence-corrected chi connectivity index (χ0v) is 9.90. The van der Waals surface area contributed by atoms with Gasteiger partial charge < -0.3 is 5.11 Å². The molecule has 2 aliphatic rings. The van der Waals surface area contributed by atoms with Crippen LogP contribution in [-0.4, -0.2) is 47.2 Å². The fraction of sp³-hybridized carbons (Fsp3) is 0.875. The average Bonchev–Trinajstić information content (AvgIpc) is 2.67. The van der Waals surface area contributed by atoms with Gasteiger partial charge in [-0.1, -0.05) is 0 Å². The molecule has 0 aliphatic carbocycles. The molecule has 0 saturated carbocycles. The molecule has 2 saturated heterocycles. The molecular weight excluding hydrogens is 238 g/mol. The van der Waals surface area contributed by atoms with Gasteiger partial charge >= 0.3 is 5.97 Å². The lowest BCUT2D eigenvalue weighted by Crippen LogP contribution is -2.49. The van der Waals surface area contributed by atoms with E-state index >= 15 is 0 Å². The predicted octanol–water partition coefficient (Wildman–Crippen LogP) is -0.321. The first-order chi connectivity index (χ1) is 6.87. The van der Waals surface area contributed by atoms with Crippen LogP contribution in [0.1, 0.15) is 13.3 Å². The minimum atomic E-state index is -3.04. The summed E-state index contributed by atoms with van der Waals surface area (Å²) in [5, 5.41) is 11.3. The molecule has 2 N–H and O–H groups in total. The van der Waals surface area contributed by atoms with Gasteiger partial charge in [0.1, 0.15) is 6.04 Å². The molecule has 0 amide bonds. The zero-order chi connectivity index (χ0) is 11.3. The maximum atomic E-state index is 11.6. The van der Waals surface area contributed by atoms with Crippen LogP contribution in [0.2, 0.25) is 0 Å². The van der Waals surface area contributed by atoms with E-state index in [2.05, 4.69) is 5.32 Å². The third-order valence-corrected chi connectivity index (χ3v) is 7.27. The van der Waals surface area contributed by atoms with Crippen LogP contribution < -0.4 is 5.32 Å². The summed E-state index contributed by atoms with van der Waals surface area (Å²) < 4.78 is 23.2.